The van der Waals surface area contributed by atoms with Crippen LogP contribution in [0.4, 0.5) is 11.5 Å². The molecule has 238 valence electrons. The van der Waals surface area contributed by atoms with Crippen LogP contribution in [0.3, 0.4) is 0 Å². The summed E-state index contributed by atoms with van der Waals surface area (Å²) in [6.45, 7) is 6.41. The van der Waals surface area contributed by atoms with Crippen LogP contribution in [-0.4, -0.2) is 55.4 Å². The molecule has 0 spiro atoms. The monoisotopic (exact) mass is 635 g/mol. The number of hydrogen-bond acceptors (Lipinski definition) is 10. The molecule has 3 aromatic carbocycles. The van der Waals surface area contributed by atoms with Crippen molar-refractivity contribution >= 4 is 39.9 Å². The Morgan fingerprint density at radius 1 is 1.00 bits per heavy atom. The highest BCUT2D eigenvalue weighted by atomic mass is 16.3. The molecule has 1 atom stereocenters. The number of β-amino-alcohol motifs (C(OH)–C–C–N with tert-alkyl or cyclic N) is 1. The molecular formula is C38H33N7O3. The van der Waals surface area contributed by atoms with Gasteiger partial charge in [0, 0.05) is 48.6 Å². The first-order valence-corrected chi connectivity index (χ1v) is 16.2. The van der Waals surface area contributed by atoms with E-state index in [0.717, 1.165) is 88.3 Å². The molecule has 0 radical (unpaired) electrons. The van der Waals surface area contributed by atoms with Gasteiger partial charge in [0.05, 0.1) is 17.2 Å². The van der Waals surface area contributed by atoms with Crippen LogP contribution in [0.2, 0.25) is 0 Å². The molecule has 2 fully saturated rings. The summed E-state index contributed by atoms with van der Waals surface area (Å²) in [5.74, 6) is 2.29. The molecule has 1 aliphatic heterocycles. The van der Waals surface area contributed by atoms with Gasteiger partial charge >= 0.3 is 0 Å². The van der Waals surface area contributed by atoms with Crippen LogP contribution in [-0.2, 0) is 6.54 Å². The molecule has 1 aliphatic carbocycles. The highest BCUT2D eigenvalue weighted by Gasteiger charge is 2.28. The number of rotatable bonds is 8. The summed E-state index contributed by atoms with van der Waals surface area (Å²) in [5.41, 5.74) is 9.90. The number of oxazole rings is 1. The number of aliphatic hydroxyl groups is 1. The average Bonchev–Trinajstić information content (AvgIpc) is 3.74. The SMILES string of the molecule is Cc1c(Nc2nc(C3CC3)nc3cc(CN4CCC(O)C4)cnc23)cccc1-c1cccc(-c2nc3cc(C=O)cc(C#N)c3o2)c1C. The molecule has 2 N–H and O–H groups in total. The van der Waals surface area contributed by atoms with Gasteiger partial charge in [-0.2, -0.15) is 5.26 Å². The second kappa shape index (κ2) is 11.9. The van der Waals surface area contributed by atoms with Crippen molar-refractivity contribution in [1.29, 1.82) is 5.26 Å². The Labute approximate surface area is 277 Å². The molecule has 10 heteroatoms. The highest BCUT2D eigenvalue weighted by molar-refractivity contribution is 5.91. The second-order valence-corrected chi connectivity index (χ2v) is 12.8. The summed E-state index contributed by atoms with van der Waals surface area (Å²) < 4.78 is 6.11. The Balaban J connectivity index is 1.15. The predicted molar refractivity (Wildman–Crippen MR) is 183 cm³/mol. The molecule has 0 amide bonds. The Kier molecular flexibility index (Phi) is 7.43. The van der Waals surface area contributed by atoms with Gasteiger partial charge in [-0.05, 0) is 91.3 Å². The molecular weight excluding hydrogens is 602 g/mol. The number of hydrogen-bond donors (Lipinski definition) is 2. The zero-order valence-corrected chi connectivity index (χ0v) is 26.7. The van der Waals surface area contributed by atoms with Crippen molar-refractivity contribution in [2.75, 3.05) is 18.4 Å². The predicted octanol–water partition coefficient (Wildman–Crippen LogP) is 6.99. The van der Waals surface area contributed by atoms with E-state index >= 15 is 0 Å². The van der Waals surface area contributed by atoms with E-state index in [-0.39, 0.29) is 11.7 Å². The molecule has 48 heavy (non-hydrogen) atoms. The fourth-order valence-electron chi connectivity index (χ4n) is 6.66. The molecule has 3 aromatic heterocycles. The quantitative estimate of drug-likeness (QED) is 0.168. The van der Waals surface area contributed by atoms with Crippen molar-refractivity contribution < 1.29 is 14.3 Å². The zero-order valence-electron chi connectivity index (χ0n) is 26.7. The fraction of sp³-hybridized carbons (Fsp3) is 0.263. The van der Waals surface area contributed by atoms with E-state index < -0.39 is 0 Å². The molecule has 10 nitrogen and oxygen atoms in total. The number of nitriles is 1. The van der Waals surface area contributed by atoms with Crippen molar-refractivity contribution in [3.8, 4) is 28.7 Å². The van der Waals surface area contributed by atoms with E-state index in [2.05, 4.69) is 46.4 Å². The van der Waals surface area contributed by atoms with Gasteiger partial charge in [0.15, 0.2) is 11.4 Å². The Bertz CT molecular complexity index is 2290. The first kappa shape index (κ1) is 29.9. The summed E-state index contributed by atoms with van der Waals surface area (Å²) in [5, 5.41) is 23.2. The smallest absolute Gasteiger partial charge is 0.227 e. The first-order valence-electron chi connectivity index (χ1n) is 16.2. The molecule has 4 heterocycles. The first-order chi connectivity index (χ1) is 23.4. The normalized spacial score (nSPS) is 16.4. The van der Waals surface area contributed by atoms with Crippen LogP contribution in [0.25, 0.3) is 44.7 Å². The number of aromatic nitrogens is 4. The Hall–Kier alpha value is -5.50. The third-order valence-electron chi connectivity index (χ3n) is 9.42. The summed E-state index contributed by atoms with van der Waals surface area (Å²) in [6, 6.07) is 19.5. The number of fused-ring (bicyclic) bond motifs is 2. The van der Waals surface area contributed by atoms with Crippen LogP contribution in [0.15, 0.2) is 65.2 Å². The van der Waals surface area contributed by atoms with Crippen molar-refractivity contribution in [2.24, 2.45) is 0 Å². The number of pyridine rings is 1. The number of carbonyl (C=O) groups excluding carboxylic acids is 1. The van der Waals surface area contributed by atoms with Crippen molar-refractivity contribution in [1.82, 2.24) is 24.8 Å². The number of carbonyl (C=O) groups is 1. The van der Waals surface area contributed by atoms with E-state index in [1.54, 1.807) is 6.07 Å². The minimum absolute atomic E-state index is 0.263. The standard InChI is InChI=1S/C38H33N7O3/c1-21-28(5-3-7-30(21)38-43-33-14-23(20-46)13-26(16-39)35(33)48-38)29-6-4-8-31(22(29)2)41-37-34-32(42-36(44-37)25-9-10-25)15-24(17-40-34)18-45-12-11-27(47)19-45/h3-8,13-15,17,20,25,27,47H,9-12,18-19H2,1-2H3,(H,41,42,44). The van der Waals surface area contributed by atoms with E-state index in [9.17, 15) is 15.2 Å². The third kappa shape index (κ3) is 5.47. The minimum atomic E-state index is -0.263. The maximum absolute atomic E-state index is 11.4. The van der Waals surface area contributed by atoms with Gasteiger partial charge in [-0.15, -0.1) is 0 Å². The number of nitrogens with one attached hydrogen (secondary N) is 1. The lowest BCUT2D eigenvalue weighted by molar-refractivity contribution is 0.112. The maximum atomic E-state index is 11.4. The maximum Gasteiger partial charge on any atom is 0.227 e. The number of aliphatic hydroxyl groups excluding tert-OH is 1. The topological polar surface area (TPSA) is 141 Å². The van der Waals surface area contributed by atoms with Crippen molar-refractivity contribution in [3.05, 3.63) is 94.4 Å². The van der Waals surface area contributed by atoms with Crippen molar-refractivity contribution in [2.45, 2.75) is 51.7 Å². The molecule has 8 rings (SSSR count). The third-order valence-corrected chi connectivity index (χ3v) is 9.42. The highest BCUT2D eigenvalue weighted by Crippen LogP contribution is 2.41. The number of likely N-dealkylation sites (tertiary alicyclic amines) is 1. The number of benzene rings is 3. The molecule has 1 unspecified atom stereocenters. The van der Waals surface area contributed by atoms with Gasteiger partial charge < -0.3 is 14.8 Å². The van der Waals surface area contributed by atoms with E-state index in [4.69, 9.17) is 19.4 Å². The molecule has 2 aliphatic rings. The minimum Gasteiger partial charge on any atom is -0.435 e. The van der Waals surface area contributed by atoms with Gasteiger partial charge in [0.1, 0.15) is 29.2 Å². The van der Waals surface area contributed by atoms with E-state index in [0.29, 0.717) is 47.1 Å². The lowest BCUT2D eigenvalue weighted by Crippen LogP contribution is -2.21. The van der Waals surface area contributed by atoms with E-state index in [1.165, 1.54) is 6.07 Å². The zero-order chi connectivity index (χ0) is 32.9. The summed E-state index contributed by atoms with van der Waals surface area (Å²) in [4.78, 5) is 33.1. The number of aldehydes is 1. The number of anilines is 2. The van der Waals surface area contributed by atoms with Gasteiger partial charge in [-0.25, -0.2) is 15.0 Å². The Morgan fingerprint density at radius 2 is 1.79 bits per heavy atom. The van der Waals surface area contributed by atoms with Gasteiger partial charge in [0.2, 0.25) is 5.89 Å². The Morgan fingerprint density at radius 3 is 2.54 bits per heavy atom. The summed E-state index contributed by atoms with van der Waals surface area (Å²) >= 11 is 0. The van der Waals surface area contributed by atoms with Gasteiger partial charge in [0.25, 0.3) is 0 Å². The lowest BCUT2D eigenvalue weighted by atomic mass is 9.93. The summed E-state index contributed by atoms with van der Waals surface area (Å²) in [6.07, 6.45) is 5.31. The number of nitrogens with zero attached hydrogens (tertiary/aromatic N) is 6. The van der Waals surface area contributed by atoms with E-state index in [1.807, 2.05) is 37.4 Å². The molecule has 1 saturated heterocycles. The van der Waals surface area contributed by atoms with Crippen LogP contribution in [0.1, 0.15) is 63.6 Å². The second-order valence-electron chi connectivity index (χ2n) is 12.8. The fourth-order valence-corrected chi connectivity index (χ4v) is 6.66. The van der Waals surface area contributed by atoms with Gasteiger partial charge in [-0.3, -0.25) is 14.7 Å². The molecule has 1 saturated carbocycles. The molecule has 6 aromatic rings. The molecule has 0 bridgehead atoms. The van der Waals surface area contributed by atoms with Crippen LogP contribution in [0.5, 0.6) is 0 Å². The van der Waals surface area contributed by atoms with Gasteiger partial charge in [-0.1, -0.05) is 24.3 Å². The lowest BCUT2D eigenvalue weighted by Gasteiger charge is -2.17. The average molecular weight is 636 g/mol. The largest absolute Gasteiger partial charge is 0.435 e. The van der Waals surface area contributed by atoms with Crippen LogP contribution in [0, 0.1) is 25.2 Å². The van der Waals surface area contributed by atoms with Crippen LogP contribution >= 0.6 is 0 Å². The summed E-state index contributed by atoms with van der Waals surface area (Å²) in [7, 11) is 0. The van der Waals surface area contributed by atoms with Crippen molar-refractivity contribution in [3.63, 3.8) is 0 Å². The van der Waals surface area contributed by atoms with Crippen LogP contribution < -0.4 is 5.32 Å².